The minimum atomic E-state index is -1.85. The van der Waals surface area contributed by atoms with Crippen molar-refractivity contribution in [2.45, 2.75) is 51.7 Å². The fraction of sp³-hybridized carbons (Fsp3) is 0.444. The molecule has 0 bridgehead atoms. The topological polar surface area (TPSA) is 82.5 Å². The number of hydrogen-bond donors (Lipinski definition) is 3. The van der Waals surface area contributed by atoms with Crippen molar-refractivity contribution in [1.82, 2.24) is 4.98 Å². The van der Waals surface area contributed by atoms with E-state index in [2.05, 4.69) is 28.5 Å². The summed E-state index contributed by atoms with van der Waals surface area (Å²) < 4.78 is 0. The molecule has 1 aromatic carbocycles. The predicted molar refractivity (Wildman–Crippen MR) is 95.2 cm³/mol. The molecule has 3 N–H and O–H groups in total. The Hall–Kier alpha value is -1.76. The molecule has 5 nitrogen and oxygen atoms in total. The highest BCUT2D eigenvalue weighted by Crippen LogP contribution is 2.33. The third-order valence-electron chi connectivity index (χ3n) is 4.66. The van der Waals surface area contributed by atoms with Crippen molar-refractivity contribution >= 4 is 22.4 Å². The zero-order chi connectivity index (χ0) is 17.5. The fourth-order valence-electron chi connectivity index (χ4n) is 2.85. The number of nitrogens with one attached hydrogen (secondary N) is 1. The minimum Gasteiger partial charge on any atom is -0.390 e. The molecule has 1 aliphatic carbocycles. The van der Waals surface area contributed by atoms with E-state index >= 15 is 0 Å². The summed E-state index contributed by atoms with van der Waals surface area (Å²) in [6.45, 7) is 4.63. The molecular formula is C18H22N2O3S. The molecule has 6 heteroatoms. The third-order valence-corrected chi connectivity index (χ3v) is 5.55. The Morgan fingerprint density at radius 1 is 1.38 bits per heavy atom. The molecule has 128 valence electrons. The lowest BCUT2D eigenvalue weighted by Crippen LogP contribution is -2.48. The molecule has 1 amide bonds. The number of thiazole rings is 1. The maximum Gasteiger partial charge on any atom is 0.260 e. The number of carbonyl (C=O) groups is 1. The minimum absolute atomic E-state index is 0.425. The summed E-state index contributed by atoms with van der Waals surface area (Å²) in [5.74, 6) is -0.660. The van der Waals surface area contributed by atoms with Crippen LogP contribution in [-0.2, 0) is 17.6 Å². The van der Waals surface area contributed by atoms with Gasteiger partial charge in [-0.2, -0.15) is 0 Å². The molecule has 1 aliphatic rings. The number of anilines is 1. The van der Waals surface area contributed by atoms with Crippen molar-refractivity contribution in [3.63, 3.8) is 0 Å². The van der Waals surface area contributed by atoms with Gasteiger partial charge in [-0.15, -0.1) is 11.3 Å². The van der Waals surface area contributed by atoms with Crippen molar-refractivity contribution < 1.29 is 15.0 Å². The van der Waals surface area contributed by atoms with Crippen LogP contribution in [-0.4, -0.2) is 32.8 Å². The van der Waals surface area contributed by atoms with Gasteiger partial charge in [0.05, 0.1) is 11.8 Å². The average Bonchev–Trinajstić information content (AvgIpc) is 3.12. The van der Waals surface area contributed by atoms with Crippen LogP contribution >= 0.6 is 11.3 Å². The van der Waals surface area contributed by atoms with Crippen molar-refractivity contribution in [3.05, 3.63) is 34.2 Å². The maximum absolute atomic E-state index is 12.1. The first kappa shape index (κ1) is 17.1. The molecule has 0 radical (unpaired) electrons. The number of aromatic nitrogens is 1. The van der Waals surface area contributed by atoms with Crippen LogP contribution in [0, 0.1) is 6.92 Å². The Morgan fingerprint density at radius 2 is 2.08 bits per heavy atom. The van der Waals surface area contributed by atoms with Crippen LogP contribution in [0.15, 0.2) is 18.2 Å². The smallest absolute Gasteiger partial charge is 0.260 e. The second-order valence-corrected chi connectivity index (χ2v) is 7.74. The van der Waals surface area contributed by atoms with Gasteiger partial charge in [0.1, 0.15) is 0 Å². The first-order chi connectivity index (χ1) is 11.3. The molecule has 0 fully saturated rings. The van der Waals surface area contributed by atoms with Crippen LogP contribution in [0.4, 0.5) is 5.13 Å². The van der Waals surface area contributed by atoms with Crippen molar-refractivity contribution in [3.8, 4) is 11.3 Å². The first-order valence-electron chi connectivity index (χ1n) is 8.10. The summed E-state index contributed by atoms with van der Waals surface area (Å²) in [5.41, 5.74) is 2.83. The summed E-state index contributed by atoms with van der Waals surface area (Å²) >= 11 is 1.36. The Kier molecular flexibility index (Phi) is 4.46. The van der Waals surface area contributed by atoms with Gasteiger partial charge in [-0.05, 0) is 57.2 Å². The lowest BCUT2D eigenvalue weighted by Gasteiger charge is -2.24. The van der Waals surface area contributed by atoms with E-state index in [1.807, 2.05) is 6.92 Å². The standard InChI is InChI=1S/C18H22N2O3S/c1-10-15(14-8-7-12-5-4-6-13(12)9-14)19-17(24-10)20-16(22)18(3,23)11(2)21/h7-9,11,21,23H,4-6H2,1-3H3,(H,19,20,22). The Bertz CT molecular complexity index is 781. The SMILES string of the molecule is Cc1sc(NC(=O)C(C)(O)C(C)O)nc1-c1ccc2c(c1)CCC2. The zero-order valence-electron chi connectivity index (χ0n) is 14.1. The molecule has 1 heterocycles. The predicted octanol–water partition coefficient (Wildman–Crippen LogP) is 2.68. The van der Waals surface area contributed by atoms with Gasteiger partial charge in [0.25, 0.3) is 5.91 Å². The monoisotopic (exact) mass is 346 g/mol. The molecule has 2 aromatic rings. The van der Waals surface area contributed by atoms with Gasteiger partial charge in [-0.1, -0.05) is 12.1 Å². The summed E-state index contributed by atoms with van der Waals surface area (Å²) in [6, 6.07) is 6.42. The summed E-state index contributed by atoms with van der Waals surface area (Å²) in [5, 5.41) is 22.6. The lowest BCUT2D eigenvalue weighted by molar-refractivity contribution is -0.142. The van der Waals surface area contributed by atoms with Gasteiger partial charge in [-0.3, -0.25) is 10.1 Å². The second kappa shape index (κ2) is 6.27. The number of benzene rings is 1. The number of hydrogen-bond acceptors (Lipinski definition) is 5. The van der Waals surface area contributed by atoms with Crippen molar-refractivity contribution in [2.24, 2.45) is 0 Å². The fourth-order valence-corrected chi connectivity index (χ4v) is 3.68. The summed E-state index contributed by atoms with van der Waals surface area (Å²) in [7, 11) is 0. The molecule has 0 saturated heterocycles. The van der Waals surface area contributed by atoms with E-state index in [1.165, 1.54) is 42.7 Å². The van der Waals surface area contributed by atoms with E-state index in [0.717, 1.165) is 29.0 Å². The molecule has 0 aliphatic heterocycles. The summed E-state index contributed by atoms with van der Waals surface area (Å²) in [6.07, 6.45) is 2.27. The molecule has 0 saturated carbocycles. The first-order valence-corrected chi connectivity index (χ1v) is 8.92. The number of aliphatic hydroxyl groups is 2. The van der Waals surface area contributed by atoms with Crippen LogP contribution in [0.3, 0.4) is 0 Å². The van der Waals surface area contributed by atoms with E-state index in [0.29, 0.717) is 5.13 Å². The normalized spacial score (nSPS) is 17.2. The van der Waals surface area contributed by atoms with E-state index in [9.17, 15) is 15.0 Å². The lowest BCUT2D eigenvalue weighted by atomic mass is 10.00. The van der Waals surface area contributed by atoms with E-state index in [-0.39, 0.29) is 0 Å². The second-order valence-electron chi connectivity index (χ2n) is 6.54. The van der Waals surface area contributed by atoms with E-state index in [1.54, 1.807) is 0 Å². The molecule has 0 spiro atoms. The van der Waals surface area contributed by atoms with Gasteiger partial charge in [0.15, 0.2) is 10.7 Å². The van der Waals surface area contributed by atoms with Crippen molar-refractivity contribution in [2.75, 3.05) is 5.32 Å². The highest BCUT2D eigenvalue weighted by atomic mass is 32.1. The maximum atomic E-state index is 12.1. The molecule has 2 unspecified atom stereocenters. The van der Waals surface area contributed by atoms with Gasteiger partial charge >= 0.3 is 0 Å². The molecule has 1 aromatic heterocycles. The van der Waals surface area contributed by atoms with Crippen LogP contribution in [0.5, 0.6) is 0 Å². The van der Waals surface area contributed by atoms with Crippen LogP contribution < -0.4 is 5.32 Å². The largest absolute Gasteiger partial charge is 0.390 e. The van der Waals surface area contributed by atoms with Crippen LogP contribution in [0.25, 0.3) is 11.3 Å². The van der Waals surface area contributed by atoms with E-state index in [4.69, 9.17) is 0 Å². The molecular weight excluding hydrogens is 324 g/mol. The number of aryl methyl sites for hydroxylation is 3. The number of carbonyl (C=O) groups excluding carboxylic acids is 1. The quantitative estimate of drug-likeness (QED) is 0.795. The van der Waals surface area contributed by atoms with Gasteiger partial charge in [0.2, 0.25) is 0 Å². The number of nitrogens with zero attached hydrogens (tertiary/aromatic N) is 1. The number of amides is 1. The number of rotatable bonds is 4. The molecule has 2 atom stereocenters. The number of aliphatic hydroxyl groups excluding tert-OH is 1. The Morgan fingerprint density at radius 3 is 2.79 bits per heavy atom. The van der Waals surface area contributed by atoms with Crippen molar-refractivity contribution in [1.29, 1.82) is 0 Å². The van der Waals surface area contributed by atoms with Gasteiger partial charge < -0.3 is 10.2 Å². The van der Waals surface area contributed by atoms with Crippen LogP contribution in [0.1, 0.15) is 36.3 Å². The highest BCUT2D eigenvalue weighted by molar-refractivity contribution is 7.16. The Balaban J connectivity index is 1.84. The Labute approximate surface area is 145 Å². The third kappa shape index (κ3) is 3.09. The van der Waals surface area contributed by atoms with Crippen LogP contribution in [0.2, 0.25) is 0 Å². The number of fused-ring (bicyclic) bond motifs is 1. The molecule has 24 heavy (non-hydrogen) atoms. The molecule has 3 rings (SSSR count). The van der Waals surface area contributed by atoms with Gasteiger partial charge in [0, 0.05) is 10.4 Å². The van der Waals surface area contributed by atoms with Gasteiger partial charge in [-0.25, -0.2) is 4.98 Å². The summed E-state index contributed by atoms with van der Waals surface area (Å²) in [4.78, 5) is 17.6. The highest BCUT2D eigenvalue weighted by Gasteiger charge is 2.36. The zero-order valence-corrected chi connectivity index (χ0v) is 14.9. The average molecular weight is 346 g/mol. The van der Waals surface area contributed by atoms with E-state index < -0.39 is 17.6 Å².